The Balaban J connectivity index is 2.24. The quantitative estimate of drug-likeness (QED) is 0.854. The van der Waals surface area contributed by atoms with Gasteiger partial charge < -0.3 is 10.1 Å². The third-order valence-corrected chi connectivity index (χ3v) is 2.06. The van der Waals surface area contributed by atoms with Crippen LogP contribution in [0.25, 0.3) is 0 Å². The first kappa shape index (κ1) is 10.4. The molecule has 0 spiro atoms. The lowest BCUT2D eigenvalue weighted by Gasteiger charge is -2.07. The van der Waals surface area contributed by atoms with Gasteiger partial charge in [0.2, 0.25) is 0 Å². The van der Waals surface area contributed by atoms with Gasteiger partial charge in [0.05, 0.1) is 7.11 Å². The summed E-state index contributed by atoms with van der Waals surface area (Å²) in [6.07, 6.45) is 0. The maximum absolute atomic E-state index is 5.01. The highest BCUT2D eigenvalue weighted by Crippen LogP contribution is 2.16. The van der Waals surface area contributed by atoms with Gasteiger partial charge in [0.15, 0.2) is 0 Å². The minimum absolute atomic E-state index is 0.374. The van der Waals surface area contributed by atoms with Crippen LogP contribution in [0.5, 0.6) is 6.01 Å². The van der Waals surface area contributed by atoms with Crippen molar-refractivity contribution in [2.24, 2.45) is 0 Å². The lowest BCUT2D eigenvalue weighted by Crippen LogP contribution is -1.99. The van der Waals surface area contributed by atoms with E-state index in [0.29, 0.717) is 6.01 Å². The molecule has 1 heterocycles. The maximum atomic E-state index is 5.01. The summed E-state index contributed by atoms with van der Waals surface area (Å²) >= 11 is 0. The number of nitrogens with one attached hydrogen (secondary N) is 1. The van der Waals surface area contributed by atoms with Crippen LogP contribution in [0.15, 0.2) is 36.4 Å². The van der Waals surface area contributed by atoms with E-state index < -0.39 is 0 Å². The average molecular weight is 215 g/mol. The molecule has 2 rings (SSSR count). The van der Waals surface area contributed by atoms with Crippen LogP contribution in [0.2, 0.25) is 0 Å². The van der Waals surface area contributed by atoms with Crippen molar-refractivity contribution in [3.63, 3.8) is 0 Å². The summed E-state index contributed by atoms with van der Waals surface area (Å²) in [5, 5.41) is 3.19. The smallest absolute Gasteiger partial charge is 0.318 e. The second kappa shape index (κ2) is 4.61. The number of methoxy groups -OCH3 is 1. The number of hydrogen-bond acceptors (Lipinski definition) is 4. The molecule has 1 N–H and O–H groups in total. The first-order valence-corrected chi connectivity index (χ1v) is 4.99. The van der Waals surface area contributed by atoms with Crippen LogP contribution in [0.4, 0.5) is 11.5 Å². The summed E-state index contributed by atoms with van der Waals surface area (Å²) < 4.78 is 5.01. The monoisotopic (exact) mass is 215 g/mol. The molecule has 4 nitrogen and oxygen atoms in total. The molecule has 0 unspecified atom stereocenters. The van der Waals surface area contributed by atoms with Crippen molar-refractivity contribution in [2.45, 2.75) is 6.92 Å². The van der Waals surface area contributed by atoms with Gasteiger partial charge in [0.1, 0.15) is 5.82 Å². The molecule has 1 aromatic heterocycles. The standard InChI is InChI=1S/C12H13N3O/c1-9-8-11(15-12(13-9)16-2)14-10-6-4-3-5-7-10/h3-8H,1-2H3,(H,13,14,15). The third-order valence-electron chi connectivity index (χ3n) is 2.06. The Labute approximate surface area is 94.3 Å². The van der Waals surface area contributed by atoms with Gasteiger partial charge in [-0.05, 0) is 19.1 Å². The summed E-state index contributed by atoms with van der Waals surface area (Å²) in [7, 11) is 1.56. The van der Waals surface area contributed by atoms with Gasteiger partial charge in [-0.15, -0.1) is 0 Å². The van der Waals surface area contributed by atoms with Crippen molar-refractivity contribution >= 4 is 11.5 Å². The summed E-state index contributed by atoms with van der Waals surface area (Å²) in [6, 6.07) is 12.1. The van der Waals surface area contributed by atoms with Gasteiger partial charge in [-0.1, -0.05) is 18.2 Å². The highest BCUT2D eigenvalue weighted by atomic mass is 16.5. The van der Waals surface area contributed by atoms with Gasteiger partial charge >= 0.3 is 6.01 Å². The zero-order chi connectivity index (χ0) is 11.4. The normalized spacial score (nSPS) is 9.88. The van der Waals surface area contributed by atoms with E-state index in [2.05, 4.69) is 15.3 Å². The van der Waals surface area contributed by atoms with E-state index in [4.69, 9.17) is 4.74 Å². The molecular formula is C12H13N3O. The zero-order valence-electron chi connectivity index (χ0n) is 9.27. The fraction of sp³-hybridized carbons (Fsp3) is 0.167. The largest absolute Gasteiger partial charge is 0.467 e. The van der Waals surface area contributed by atoms with E-state index in [1.807, 2.05) is 43.3 Å². The fourth-order valence-corrected chi connectivity index (χ4v) is 1.37. The molecular weight excluding hydrogens is 202 g/mol. The van der Waals surface area contributed by atoms with Crippen LogP contribution in [0.1, 0.15) is 5.69 Å². The first-order valence-electron chi connectivity index (χ1n) is 4.99. The zero-order valence-corrected chi connectivity index (χ0v) is 9.27. The fourth-order valence-electron chi connectivity index (χ4n) is 1.37. The lowest BCUT2D eigenvalue weighted by molar-refractivity contribution is 0.379. The second-order valence-electron chi connectivity index (χ2n) is 3.37. The van der Waals surface area contributed by atoms with Crippen LogP contribution >= 0.6 is 0 Å². The molecule has 0 saturated heterocycles. The van der Waals surface area contributed by atoms with E-state index in [1.165, 1.54) is 0 Å². The Bertz CT molecular complexity index is 471. The van der Waals surface area contributed by atoms with Crippen molar-refractivity contribution in [3.05, 3.63) is 42.1 Å². The number of nitrogens with zero attached hydrogens (tertiary/aromatic N) is 2. The van der Waals surface area contributed by atoms with Crippen LogP contribution in [0, 0.1) is 6.92 Å². The van der Waals surface area contributed by atoms with Crippen molar-refractivity contribution in [3.8, 4) is 6.01 Å². The SMILES string of the molecule is COc1nc(C)cc(Nc2ccccc2)n1. The van der Waals surface area contributed by atoms with Crippen LogP contribution in [0.3, 0.4) is 0 Å². The number of hydrogen-bond donors (Lipinski definition) is 1. The van der Waals surface area contributed by atoms with Crippen molar-refractivity contribution < 1.29 is 4.74 Å². The third kappa shape index (κ3) is 2.48. The second-order valence-corrected chi connectivity index (χ2v) is 3.37. The Morgan fingerprint density at radius 1 is 1.12 bits per heavy atom. The molecule has 0 saturated carbocycles. The Kier molecular flexibility index (Phi) is 3.00. The molecule has 0 aliphatic heterocycles. The van der Waals surface area contributed by atoms with Gasteiger partial charge in [-0.3, -0.25) is 0 Å². The van der Waals surface area contributed by atoms with E-state index in [1.54, 1.807) is 7.11 Å². The molecule has 0 bridgehead atoms. The molecule has 0 atom stereocenters. The minimum Gasteiger partial charge on any atom is -0.467 e. The van der Waals surface area contributed by atoms with Gasteiger partial charge in [0.25, 0.3) is 0 Å². The first-order chi connectivity index (χ1) is 7.78. The summed E-state index contributed by atoms with van der Waals surface area (Å²) in [6.45, 7) is 1.90. The van der Waals surface area contributed by atoms with E-state index in [0.717, 1.165) is 17.2 Å². The number of rotatable bonds is 3. The highest BCUT2D eigenvalue weighted by molar-refractivity contribution is 5.56. The van der Waals surface area contributed by atoms with Gasteiger partial charge in [-0.25, -0.2) is 4.98 Å². The molecule has 0 radical (unpaired) electrons. The van der Waals surface area contributed by atoms with Crippen LogP contribution in [-0.2, 0) is 0 Å². The number of anilines is 2. The van der Waals surface area contributed by atoms with Crippen molar-refractivity contribution in [2.75, 3.05) is 12.4 Å². The predicted octanol–water partition coefficient (Wildman–Crippen LogP) is 2.54. The number of aromatic nitrogens is 2. The molecule has 0 fully saturated rings. The Morgan fingerprint density at radius 2 is 1.88 bits per heavy atom. The average Bonchev–Trinajstić information content (AvgIpc) is 2.29. The molecule has 0 aliphatic carbocycles. The number of para-hydroxylation sites is 1. The molecule has 4 heteroatoms. The van der Waals surface area contributed by atoms with Gasteiger partial charge in [0, 0.05) is 17.4 Å². The number of benzene rings is 1. The summed E-state index contributed by atoms with van der Waals surface area (Å²) in [4.78, 5) is 8.32. The summed E-state index contributed by atoms with van der Waals surface area (Å²) in [5.74, 6) is 0.732. The minimum atomic E-state index is 0.374. The number of ether oxygens (including phenoxy) is 1. The predicted molar refractivity (Wildman–Crippen MR) is 63.0 cm³/mol. The van der Waals surface area contributed by atoms with E-state index in [9.17, 15) is 0 Å². The van der Waals surface area contributed by atoms with Crippen LogP contribution < -0.4 is 10.1 Å². The molecule has 2 aromatic rings. The number of aryl methyl sites for hydroxylation is 1. The topological polar surface area (TPSA) is 47.0 Å². The molecule has 1 aromatic carbocycles. The van der Waals surface area contributed by atoms with Crippen LogP contribution in [-0.4, -0.2) is 17.1 Å². The van der Waals surface area contributed by atoms with E-state index >= 15 is 0 Å². The maximum Gasteiger partial charge on any atom is 0.318 e. The Morgan fingerprint density at radius 3 is 2.56 bits per heavy atom. The lowest BCUT2D eigenvalue weighted by atomic mass is 10.3. The Hall–Kier alpha value is -2.10. The van der Waals surface area contributed by atoms with E-state index in [-0.39, 0.29) is 0 Å². The van der Waals surface area contributed by atoms with Crippen molar-refractivity contribution in [1.29, 1.82) is 0 Å². The highest BCUT2D eigenvalue weighted by Gasteiger charge is 2.01. The van der Waals surface area contributed by atoms with Gasteiger partial charge in [-0.2, -0.15) is 4.98 Å². The van der Waals surface area contributed by atoms with Crippen molar-refractivity contribution in [1.82, 2.24) is 9.97 Å². The molecule has 0 amide bonds. The molecule has 16 heavy (non-hydrogen) atoms. The molecule has 82 valence electrons. The summed E-state index contributed by atoms with van der Waals surface area (Å²) in [5.41, 5.74) is 1.85. The molecule has 0 aliphatic rings.